The smallest absolute Gasteiger partial charge is 0.136 e. The fraction of sp³-hybridized carbons (Fsp3) is 0.357. The Bertz CT molecular complexity index is 562. The van der Waals surface area contributed by atoms with Gasteiger partial charge in [-0.2, -0.15) is 0 Å². The van der Waals surface area contributed by atoms with E-state index in [-0.39, 0.29) is 0 Å². The highest BCUT2D eigenvalue weighted by Crippen LogP contribution is 2.33. The number of hydrogen-bond acceptors (Lipinski definition) is 3. The summed E-state index contributed by atoms with van der Waals surface area (Å²) in [7, 11) is 0. The fourth-order valence-electron chi connectivity index (χ4n) is 2.76. The predicted molar refractivity (Wildman–Crippen MR) is 74.5 cm³/mol. The van der Waals surface area contributed by atoms with Gasteiger partial charge in [0.05, 0.1) is 0 Å². The van der Waals surface area contributed by atoms with E-state index >= 15 is 0 Å². The molecule has 0 atom stereocenters. The number of halogens is 1. The number of hydrogen-bond donors (Lipinski definition) is 1. The summed E-state index contributed by atoms with van der Waals surface area (Å²) < 4.78 is 0. The van der Waals surface area contributed by atoms with Crippen LogP contribution in [0, 0.1) is 0 Å². The zero-order chi connectivity index (χ0) is 12.5. The first kappa shape index (κ1) is 11.9. The molecule has 2 N–H and O–H groups in total. The lowest BCUT2D eigenvalue weighted by atomic mass is 9.87. The van der Waals surface area contributed by atoms with E-state index in [1.807, 2.05) is 11.1 Å². The van der Waals surface area contributed by atoms with Crippen molar-refractivity contribution >= 4 is 22.4 Å². The summed E-state index contributed by atoms with van der Waals surface area (Å²) in [6.07, 6.45) is 4.00. The van der Waals surface area contributed by atoms with Crippen molar-refractivity contribution in [3.63, 3.8) is 0 Å². The van der Waals surface area contributed by atoms with Gasteiger partial charge >= 0.3 is 0 Å². The SMILES string of the molecule is NN1CCC(c2cccc3c(Cl)nccc23)CC1. The van der Waals surface area contributed by atoms with Gasteiger partial charge in [-0.25, -0.2) is 9.99 Å². The van der Waals surface area contributed by atoms with Gasteiger partial charge in [-0.05, 0) is 35.8 Å². The molecule has 1 aliphatic heterocycles. The van der Waals surface area contributed by atoms with E-state index in [2.05, 4.69) is 23.2 Å². The van der Waals surface area contributed by atoms with Crippen molar-refractivity contribution in [2.75, 3.05) is 13.1 Å². The van der Waals surface area contributed by atoms with Crippen LogP contribution in [0.25, 0.3) is 10.8 Å². The highest BCUT2D eigenvalue weighted by atomic mass is 35.5. The summed E-state index contributed by atoms with van der Waals surface area (Å²) in [6.45, 7) is 1.92. The molecule has 0 aliphatic carbocycles. The highest BCUT2D eigenvalue weighted by molar-refractivity contribution is 6.34. The molecule has 1 aromatic carbocycles. The molecular formula is C14H16ClN3. The van der Waals surface area contributed by atoms with Crippen LogP contribution in [-0.4, -0.2) is 23.1 Å². The molecule has 0 saturated carbocycles. The number of hydrazine groups is 1. The first-order chi connectivity index (χ1) is 8.75. The second kappa shape index (κ2) is 4.84. The van der Waals surface area contributed by atoms with Gasteiger partial charge < -0.3 is 0 Å². The lowest BCUT2D eigenvalue weighted by Gasteiger charge is -2.29. The van der Waals surface area contributed by atoms with Crippen molar-refractivity contribution in [2.24, 2.45) is 5.84 Å². The molecule has 18 heavy (non-hydrogen) atoms. The molecule has 2 heterocycles. The Morgan fingerprint density at radius 2 is 1.94 bits per heavy atom. The van der Waals surface area contributed by atoms with Crippen molar-refractivity contribution in [2.45, 2.75) is 18.8 Å². The Morgan fingerprint density at radius 1 is 1.17 bits per heavy atom. The number of benzene rings is 1. The van der Waals surface area contributed by atoms with Crippen LogP contribution in [0.15, 0.2) is 30.5 Å². The highest BCUT2D eigenvalue weighted by Gasteiger charge is 2.20. The summed E-state index contributed by atoms with van der Waals surface area (Å²) in [6, 6.07) is 8.37. The maximum Gasteiger partial charge on any atom is 0.136 e. The minimum Gasteiger partial charge on any atom is -0.269 e. The van der Waals surface area contributed by atoms with Crippen LogP contribution < -0.4 is 5.84 Å². The summed E-state index contributed by atoms with van der Waals surface area (Å²) in [5, 5.41) is 4.77. The average Bonchev–Trinajstić information content (AvgIpc) is 2.40. The second-order valence-electron chi connectivity index (χ2n) is 4.85. The summed E-state index contributed by atoms with van der Waals surface area (Å²) in [5.74, 6) is 6.39. The van der Waals surface area contributed by atoms with E-state index in [4.69, 9.17) is 17.4 Å². The Balaban J connectivity index is 2.04. The minimum atomic E-state index is 0.576. The molecule has 1 fully saturated rings. The van der Waals surface area contributed by atoms with E-state index in [0.29, 0.717) is 11.1 Å². The molecule has 1 aliphatic rings. The van der Waals surface area contributed by atoms with E-state index in [1.54, 1.807) is 6.20 Å². The third kappa shape index (κ3) is 2.09. The maximum atomic E-state index is 6.15. The van der Waals surface area contributed by atoms with Gasteiger partial charge in [-0.1, -0.05) is 29.8 Å². The van der Waals surface area contributed by atoms with Gasteiger partial charge in [0.1, 0.15) is 5.15 Å². The monoisotopic (exact) mass is 261 g/mol. The minimum absolute atomic E-state index is 0.576. The summed E-state index contributed by atoms with van der Waals surface area (Å²) in [4.78, 5) is 4.14. The number of nitrogens with two attached hydrogens (primary N) is 1. The van der Waals surface area contributed by atoms with Crippen LogP contribution in [-0.2, 0) is 0 Å². The number of nitrogens with zero attached hydrogens (tertiary/aromatic N) is 2. The molecule has 4 heteroatoms. The van der Waals surface area contributed by atoms with E-state index < -0.39 is 0 Å². The Kier molecular flexibility index (Phi) is 3.20. The van der Waals surface area contributed by atoms with Crippen molar-refractivity contribution in [1.29, 1.82) is 0 Å². The fourth-order valence-corrected chi connectivity index (χ4v) is 2.98. The molecule has 1 aromatic heterocycles. The topological polar surface area (TPSA) is 42.1 Å². The second-order valence-corrected chi connectivity index (χ2v) is 5.21. The zero-order valence-corrected chi connectivity index (χ0v) is 10.9. The van der Waals surface area contributed by atoms with Gasteiger partial charge in [0.2, 0.25) is 0 Å². The van der Waals surface area contributed by atoms with Crippen molar-refractivity contribution in [1.82, 2.24) is 9.99 Å². The molecule has 0 radical (unpaired) electrons. The quantitative estimate of drug-likeness (QED) is 0.634. The van der Waals surface area contributed by atoms with Crippen molar-refractivity contribution in [3.05, 3.63) is 41.2 Å². The molecule has 3 rings (SSSR count). The Morgan fingerprint density at radius 3 is 2.72 bits per heavy atom. The van der Waals surface area contributed by atoms with Crippen LogP contribution >= 0.6 is 11.6 Å². The number of piperidine rings is 1. The first-order valence-electron chi connectivity index (χ1n) is 6.28. The molecule has 3 nitrogen and oxygen atoms in total. The van der Waals surface area contributed by atoms with Gasteiger partial charge in [0.25, 0.3) is 0 Å². The van der Waals surface area contributed by atoms with Crippen LogP contribution in [0.1, 0.15) is 24.3 Å². The Hall–Kier alpha value is -1.16. The summed E-state index contributed by atoms with van der Waals surface area (Å²) in [5.41, 5.74) is 1.38. The van der Waals surface area contributed by atoms with Crippen molar-refractivity contribution < 1.29 is 0 Å². The number of pyridine rings is 1. The zero-order valence-electron chi connectivity index (χ0n) is 10.1. The molecule has 0 spiro atoms. The Labute approximate surface area is 112 Å². The predicted octanol–water partition coefficient (Wildman–Crippen LogP) is 2.94. The van der Waals surface area contributed by atoms with Crippen LogP contribution in [0.5, 0.6) is 0 Å². The van der Waals surface area contributed by atoms with Crippen LogP contribution in [0.3, 0.4) is 0 Å². The van der Waals surface area contributed by atoms with Gasteiger partial charge in [-0.3, -0.25) is 5.84 Å². The van der Waals surface area contributed by atoms with Gasteiger partial charge in [-0.15, -0.1) is 0 Å². The molecule has 94 valence electrons. The van der Waals surface area contributed by atoms with Crippen LogP contribution in [0.4, 0.5) is 0 Å². The largest absolute Gasteiger partial charge is 0.269 e. The molecular weight excluding hydrogens is 246 g/mol. The van der Waals surface area contributed by atoms with E-state index in [1.165, 1.54) is 10.9 Å². The standard InChI is InChI=1S/C14H16ClN3/c15-14-13-3-1-2-11(12(13)4-7-17-14)10-5-8-18(16)9-6-10/h1-4,7,10H,5-6,8-9,16H2. The molecule has 0 amide bonds. The molecule has 0 unspecified atom stereocenters. The van der Waals surface area contributed by atoms with E-state index in [0.717, 1.165) is 31.3 Å². The first-order valence-corrected chi connectivity index (χ1v) is 6.66. The van der Waals surface area contributed by atoms with Crippen molar-refractivity contribution in [3.8, 4) is 0 Å². The maximum absolute atomic E-state index is 6.15. The number of fused-ring (bicyclic) bond motifs is 1. The molecule has 2 aromatic rings. The number of aromatic nitrogens is 1. The summed E-state index contributed by atoms with van der Waals surface area (Å²) >= 11 is 6.15. The molecule has 1 saturated heterocycles. The molecule has 0 bridgehead atoms. The van der Waals surface area contributed by atoms with Gasteiger partial charge in [0, 0.05) is 24.7 Å². The number of rotatable bonds is 1. The average molecular weight is 262 g/mol. The third-order valence-electron chi connectivity index (χ3n) is 3.76. The lowest BCUT2D eigenvalue weighted by molar-refractivity contribution is 0.218. The van der Waals surface area contributed by atoms with Crippen LogP contribution in [0.2, 0.25) is 5.15 Å². The lowest BCUT2D eigenvalue weighted by Crippen LogP contribution is -2.38. The normalized spacial score (nSPS) is 18.3. The van der Waals surface area contributed by atoms with Gasteiger partial charge in [0.15, 0.2) is 0 Å². The third-order valence-corrected chi connectivity index (χ3v) is 4.06. The van der Waals surface area contributed by atoms with E-state index in [9.17, 15) is 0 Å².